The van der Waals surface area contributed by atoms with Gasteiger partial charge in [-0.3, -0.25) is 4.79 Å². The Labute approximate surface area is 152 Å². The van der Waals surface area contributed by atoms with Crippen LogP contribution < -0.4 is 10.6 Å². The van der Waals surface area contributed by atoms with E-state index in [0.29, 0.717) is 35.5 Å². The molecular weight excluding hydrogens is 330 g/mol. The van der Waals surface area contributed by atoms with E-state index in [1.165, 1.54) is 12.8 Å². The summed E-state index contributed by atoms with van der Waals surface area (Å²) in [6.07, 6.45) is 8.27. The van der Waals surface area contributed by atoms with Crippen molar-refractivity contribution in [2.45, 2.75) is 50.7 Å². The zero-order valence-electron chi connectivity index (χ0n) is 15.0. The number of hydrogen-bond acceptors (Lipinski definition) is 5. The predicted octanol–water partition coefficient (Wildman–Crippen LogP) is 2.06. The van der Waals surface area contributed by atoms with E-state index in [-0.39, 0.29) is 11.9 Å². The number of carbonyl (C=O) groups excluding carboxylic acids is 1. The summed E-state index contributed by atoms with van der Waals surface area (Å²) in [5, 5.41) is 17.4. The van der Waals surface area contributed by atoms with Crippen molar-refractivity contribution in [2.75, 3.05) is 11.9 Å². The maximum Gasteiger partial charge on any atom is 0.255 e. The Morgan fingerprint density at radius 1 is 1.31 bits per heavy atom. The number of rotatable bonds is 4. The molecule has 4 aliphatic rings. The fourth-order valence-electron chi connectivity index (χ4n) is 5.86. The lowest BCUT2D eigenvalue weighted by molar-refractivity contribution is -0.129. The molecule has 5 atom stereocenters. The number of amides is 1. The first-order chi connectivity index (χ1) is 12.6. The number of aromatic nitrogens is 3. The first-order valence-corrected chi connectivity index (χ1v) is 9.65. The average Bonchev–Trinajstić information content (AvgIpc) is 3.05. The molecule has 1 amide bonds. The van der Waals surface area contributed by atoms with Gasteiger partial charge in [-0.2, -0.15) is 0 Å². The molecule has 0 saturated heterocycles. The van der Waals surface area contributed by atoms with Gasteiger partial charge in [0, 0.05) is 18.8 Å². The zero-order valence-corrected chi connectivity index (χ0v) is 15.0. The van der Waals surface area contributed by atoms with Crippen molar-refractivity contribution in [2.24, 2.45) is 17.8 Å². The Morgan fingerprint density at radius 2 is 2.08 bits per heavy atom. The first kappa shape index (κ1) is 16.1. The Hall–Kier alpha value is -2.15. The van der Waals surface area contributed by atoms with Crippen LogP contribution in [0.25, 0.3) is 11.2 Å². The van der Waals surface area contributed by atoms with E-state index in [4.69, 9.17) is 0 Å². The highest BCUT2D eigenvalue weighted by Crippen LogP contribution is 2.56. The van der Waals surface area contributed by atoms with Crippen molar-refractivity contribution in [1.82, 2.24) is 20.3 Å². The molecule has 0 spiro atoms. The van der Waals surface area contributed by atoms with E-state index in [2.05, 4.69) is 25.6 Å². The molecule has 26 heavy (non-hydrogen) atoms. The molecule has 138 valence electrons. The van der Waals surface area contributed by atoms with Crippen LogP contribution in [0.3, 0.4) is 0 Å². The molecule has 0 aliphatic heterocycles. The molecule has 0 aromatic carbocycles. The number of nitrogens with one attached hydrogen (secondary N) is 3. The summed E-state index contributed by atoms with van der Waals surface area (Å²) in [6.45, 7) is 2.48. The van der Waals surface area contributed by atoms with E-state index in [1.807, 2.05) is 6.92 Å². The van der Waals surface area contributed by atoms with Crippen LogP contribution in [0.1, 0.15) is 49.4 Å². The van der Waals surface area contributed by atoms with Crippen LogP contribution in [0.15, 0.2) is 12.5 Å². The fourth-order valence-corrected chi connectivity index (χ4v) is 5.86. The number of imidazole rings is 1. The molecule has 4 saturated carbocycles. The Bertz CT molecular complexity index is 847. The number of anilines is 1. The van der Waals surface area contributed by atoms with Gasteiger partial charge < -0.3 is 20.7 Å². The summed E-state index contributed by atoms with van der Waals surface area (Å²) >= 11 is 0. The van der Waals surface area contributed by atoms with Gasteiger partial charge in [0.25, 0.3) is 5.91 Å². The van der Waals surface area contributed by atoms with Gasteiger partial charge in [-0.05, 0) is 56.8 Å². The topological polar surface area (TPSA) is 103 Å². The molecule has 6 rings (SSSR count). The highest BCUT2D eigenvalue weighted by atomic mass is 16.3. The highest BCUT2D eigenvalue weighted by Gasteiger charge is 2.54. The van der Waals surface area contributed by atoms with Gasteiger partial charge in [-0.15, -0.1) is 0 Å². The molecule has 4 N–H and O–H groups in total. The molecule has 2 heterocycles. The lowest BCUT2D eigenvalue weighted by Gasteiger charge is -2.58. The lowest BCUT2D eigenvalue weighted by atomic mass is 9.52. The third kappa shape index (κ3) is 2.40. The predicted molar refractivity (Wildman–Crippen MR) is 97.8 cm³/mol. The number of nitrogens with zero attached hydrogens (tertiary/aromatic N) is 2. The van der Waals surface area contributed by atoms with Crippen LogP contribution in [0, 0.1) is 17.8 Å². The van der Waals surface area contributed by atoms with E-state index in [0.717, 1.165) is 30.5 Å². The fraction of sp³-hybridized carbons (Fsp3) is 0.632. The standard InChI is InChI=1S/C19H25N5O2/c1-2-20-18(25)13-8-21-17-16(22-9-23-17)15(13)24-14-11-3-10-4-12(14)7-19(26,5-10)6-11/h8-12,14,26H,2-7H2,1H3,(H,20,25)(H2,21,22,23,24)/t10?,11-,12+,14?,19?. The van der Waals surface area contributed by atoms with Gasteiger partial charge in [-0.25, -0.2) is 9.97 Å². The number of fused-ring (bicyclic) bond motifs is 1. The molecule has 2 aromatic heterocycles. The minimum Gasteiger partial charge on any atom is -0.390 e. The second kappa shape index (κ2) is 5.67. The largest absolute Gasteiger partial charge is 0.390 e. The van der Waals surface area contributed by atoms with Crippen molar-refractivity contribution in [3.8, 4) is 0 Å². The average molecular weight is 355 g/mol. The van der Waals surface area contributed by atoms with Crippen molar-refractivity contribution in [1.29, 1.82) is 0 Å². The van der Waals surface area contributed by atoms with E-state index >= 15 is 0 Å². The SMILES string of the molecule is CCNC(=O)c1cnc2nc[nH]c2c1NC1[C@@H]2CC3C[C@H]1CC(O)(C3)C2. The molecule has 7 nitrogen and oxygen atoms in total. The summed E-state index contributed by atoms with van der Waals surface area (Å²) in [6, 6.07) is 0.286. The van der Waals surface area contributed by atoms with Crippen LogP contribution in [-0.4, -0.2) is 44.2 Å². The molecule has 4 fully saturated rings. The molecule has 0 radical (unpaired) electrons. The second-order valence-corrected chi connectivity index (χ2v) is 8.37. The third-order valence-electron chi connectivity index (χ3n) is 6.59. The van der Waals surface area contributed by atoms with Crippen LogP contribution in [0.5, 0.6) is 0 Å². The van der Waals surface area contributed by atoms with Crippen molar-refractivity contribution < 1.29 is 9.90 Å². The number of aliphatic hydroxyl groups is 1. The van der Waals surface area contributed by atoms with Gasteiger partial charge in [-0.1, -0.05) is 0 Å². The van der Waals surface area contributed by atoms with Crippen LogP contribution in [0.2, 0.25) is 0 Å². The van der Waals surface area contributed by atoms with E-state index in [1.54, 1.807) is 12.5 Å². The summed E-state index contributed by atoms with van der Waals surface area (Å²) < 4.78 is 0. The zero-order chi connectivity index (χ0) is 17.9. The number of H-pyrrole nitrogens is 1. The van der Waals surface area contributed by atoms with Gasteiger partial charge >= 0.3 is 0 Å². The molecule has 4 aliphatic carbocycles. The number of hydrogen-bond donors (Lipinski definition) is 4. The first-order valence-electron chi connectivity index (χ1n) is 9.65. The minimum absolute atomic E-state index is 0.124. The normalized spacial score (nSPS) is 35.0. The van der Waals surface area contributed by atoms with Gasteiger partial charge in [0.2, 0.25) is 0 Å². The second-order valence-electron chi connectivity index (χ2n) is 8.37. The molecule has 4 bridgehead atoms. The van der Waals surface area contributed by atoms with E-state index < -0.39 is 5.60 Å². The smallest absolute Gasteiger partial charge is 0.255 e. The van der Waals surface area contributed by atoms with Gasteiger partial charge in [0.15, 0.2) is 5.65 Å². The molecular formula is C19H25N5O2. The monoisotopic (exact) mass is 355 g/mol. The maximum atomic E-state index is 12.6. The quantitative estimate of drug-likeness (QED) is 0.672. The Balaban J connectivity index is 1.52. The summed E-state index contributed by atoms with van der Waals surface area (Å²) in [7, 11) is 0. The lowest BCUT2D eigenvalue weighted by Crippen LogP contribution is -2.59. The van der Waals surface area contributed by atoms with E-state index in [9.17, 15) is 9.90 Å². The molecule has 3 unspecified atom stereocenters. The van der Waals surface area contributed by atoms with Crippen LogP contribution in [0.4, 0.5) is 5.69 Å². The van der Waals surface area contributed by atoms with Gasteiger partial charge in [0.05, 0.1) is 23.2 Å². The summed E-state index contributed by atoms with van der Waals surface area (Å²) in [5.41, 5.74) is 2.28. The van der Waals surface area contributed by atoms with Crippen molar-refractivity contribution in [3.05, 3.63) is 18.1 Å². The maximum absolute atomic E-state index is 12.6. The number of carbonyl (C=O) groups is 1. The molecule has 7 heteroatoms. The molecule has 2 aromatic rings. The number of aromatic amines is 1. The number of pyridine rings is 1. The van der Waals surface area contributed by atoms with Crippen molar-refractivity contribution >= 4 is 22.8 Å². The van der Waals surface area contributed by atoms with Gasteiger partial charge in [0.1, 0.15) is 5.52 Å². The summed E-state index contributed by atoms with van der Waals surface area (Å²) in [4.78, 5) is 24.3. The highest BCUT2D eigenvalue weighted by molar-refractivity contribution is 6.05. The third-order valence-corrected chi connectivity index (χ3v) is 6.59. The van der Waals surface area contributed by atoms with Crippen LogP contribution in [-0.2, 0) is 0 Å². The summed E-state index contributed by atoms with van der Waals surface area (Å²) in [5.74, 6) is 1.45. The Morgan fingerprint density at radius 3 is 2.77 bits per heavy atom. The Kier molecular flexibility index (Phi) is 3.50. The van der Waals surface area contributed by atoms with Crippen LogP contribution >= 0.6 is 0 Å². The van der Waals surface area contributed by atoms with Crippen molar-refractivity contribution in [3.63, 3.8) is 0 Å². The minimum atomic E-state index is -0.460.